The van der Waals surface area contributed by atoms with Crippen molar-refractivity contribution in [2.45, 2.75) is 38.3 Å². The molecule has 32 heavy (non-hydrogen) atoms. The molecular weight excluding hydrogens is 414 g/mol. The van der Waals surface area contributed by atoms with Gasteiger partial charge >= 0.3 is 0 Å². The largest absolute Gasteiger partial charge is 0.330 e. The minimum absolute atomic E-state index is 0.0152. The molecule has 3 aromatic rings. The number of halogens is 2. The second kappa shape index (κ2) is 6.42. The number of hydrogen-bond donors (Lipinski definition) is 0. The van der Waals surface area contributed by atoms with Gasteiger partial charge in [-0.05, 0) is 48.4 Å². The van der Waals surface area contributed by atoms with Crippen molar-refractivity contribution in [1.82, 2.24) is 19.5 Å². The van der Waals surface area contributed by atoms with Gasteiger partial charge in [0.1, 0.15) is 11.6 Å². The van der Waals surface area contributed by atoms with E-state index >= 15 is 0 Å². The average molecular weight is 432 g/mol. The highest BCUT2D eigenvalue weighted by Crippen LogP contribution is 2.74. The van der Waals surface area contributed by atoms with E-state index in [9.17, 15) is 13.6 Å². The van der Waals surface area contributed by atoms with Crippen LogP contribution >= 0.6 is 0 Å². The lowest BCUT2D eigenvalue weighted by atomic mass is 9.34. The zero-order chi connectivity index (χ0) is 22.1. The van der Waals surface area contributed by atoms with Gasteiger partial charge in [-0.1, -0.05) is 0 Å². The van der Waals surface area contributed by atoms with Crippen molar-refractivity contribution in [3.05, 3.63) is 65.4 Å². The molecule has 1 atom stereocenters. The maximum Gasteiger partial charge on any atom is 0.249 e. The molecule has 0 N–H and O–H groups in total. The lowest BCUT2D eigenvalue weighted by molar-refractivity contribution is -0.222. The van der Waals surface area contributed by atoms with Crippen LogP contribution in [0.1, 0.15) is 37.3 Å². The predicted octanol–water partition coefficient (Wildman–Crippen LogP) is 4.39. The molecule has 0 spiro atoms. The molecule has 0 radical (unpaired) electrons. The normalized spacial score (nSPS) is 27.8. The van der Waals surface area contributed by atoms with E-state index in [0.29, 0.717) is 29.9 Å². The van der Waals surface area contributed by atoms with E-state index in [1.807, 2.05) is 4.57 Å². The van der Waals surface area contributed by atoms with E-state index in [2.05, 4.69) is 19.9 Å². The van der Waals surface area contributed by atoms with Gasteiger partial charge in [0.15, 0.2) is 5.65 Å². The Labute approximate surface area is 182 Å². The summed E-state index contributed by atoms with van der Waals surface area (Å²) in [7, 11) is 0. The standard InChI is InChI=1S/C23H18F2N6O/c1-26-17-7-19-20(27-8-17)28-13-30(19)12-22-9-23(10-22,11-22)21(32)31-18(2-3-29-31)14-4-15(24)6-16(25)5-14/h3-8,13,18H,2,9-12H2. The third kappa shape index (κ3) is 2.68. The van der Waals surface area contributed by atoms with Crippen LogP contribution in [-0.2, 0) is 11.3 Å². The number of amides is 1. The molecular formula is C23H18F2N6O. The molecule has 7 nitrogen and oxygen atoms in total. The minimum atomic E-state index is -0.660. The number of carbonyl (C=O) groups is 1. The molecule has 0 saturated heterocycles. The van der Waals surface area contributed by atoms with Crippen molar-refractivity contribution in [3.63, 3.8) is 0 Å². The summed E-state index contributed by atoms with van der Waals surface area (Å²) < 4.78 is 29.4. The van der Waals surface area contributed by atoms with Crippen molar-refractivity contribution < 1.29 is 13.6 Å². The number of hydrazone groups is 1. The number of rotatable bonds is 4. The van der Waals surface area contributed by atoms with Gasteiger partial charge in [0.05, 0.1) is 29.9 Å². The van der Waals surface area contributed by atoms with Crippen molar-refractivity contribution in [2.75, 3.05) is 0 Å². The monoisotopic (exact) mass is 432 g/mol. The quantitative estimate of drug-likeness (QED) is 0.575. The summed E-state index contributed by atoms with van der Waals surface area (Å²) in [6.07, 6.45) is 7.54. The smallest absolute Gasteiger partial charge is 0.249 e. The van der Waals surface area contributed by atoms with Gasteiger partial charge in [-0.25, -0.2) is 28.6 Å². The molecule has 4 aliphatic rings. The van der Waals surface area contributed by atoms with E-state index in [1.165, 1.54) is 23.3 Å². The lowest BCUT2D eigenvalue weighted by Gasteiger charge is -2.70. The van der Waals surface area contributed by atoms with Gasteiger partial charge in [-0.15, -0.1) is 0 Å². The Kier molecular flexibility index (Phi) is 3.82. The number of benzene rings is 1. The molecule has 3 saturated carbocycles. The van der Waals surface area contributed by atoms with Crippen LogP contribution in [-0.4, -0.2) is 31.7 Å². The summed E-state index contributed by atoms with van der Waals surface area (Å²) in [5.41, 5.74) is 1.87. The maximum absolute atomic E-state index is 13.7. The minimum Gasteiger partial charge on any atom is -0.330 e. The number of carbonyl (C=O) groups excluding carboxylic acids is 1. The average Bonchev–Trinajstić information content (AvgIpc) is 3.35. The summed E-state index contributed by atoms with van der Waals surface area (Å²) in [6, 6.07) is 4.67. The highest BCUT2D eigenvalue weighted by Gasteiger charge is 2.72. The topological polar surface area (TPSA) is 67.7 Å². The van der Waals surface area contributed by atoms with E-state index < -0.39 is 23.1 Å². The molecule has 1 aromatic carbocycles. The van der Waals surface area contributed by atoms with Crippen LogP contribution in [0.4, 0.5) is 14.5 Å². The van der Waals surface area contributed by atoms with Gasteiger partial charge in [-0.3, -0.25) is 4.79 Å². The first-order valence-electron chi connectivity index (χ1n) is 10.4. The van der Waals surface area contributed by atoms with E-state index in [4.69, 9.17) is 6.57 Å². The molecule has 3 aliphatic carbocycles. The van der Waals surface area contributed by atoms with Gasteiger partial charge in [0.25, 0.3) is 0 Å². The molecule has 1 aliphatic heterocycles. The van der Waals surface area contributed by atoms with E-state index in [0.717, 1.165) is 30.8 Å². The van der Waals surface area contributed by atoms with Crippen LogP contribution in [0, 0.1) is 29.0 Å². The van der Waals surface area contributed by atoms with E-state index in [-0.39, 0.29) is 11.3 Å². The molecule has 1 amide bonds. The Balaban J connectivity index is 1.18. The molecule has 2 aromatic heterocycles. The third-order valence-corrected chi connectivity index (χ3v) is 7.00. The molecule has 7 rings (SSSR count). The molecule has 3 heterocycles. The first-order chi connectivity index (χ1) is 15.4. The molecule has 160 valence electrons. The second-order valence-corrected chi connectivity index (χ2v) is 9.23. The Hall–Kier alpha value is -3.67. The summed E-state index contributed by atoms with van der Waals surface area (Å²) in [5, 5.41) is 5.66. The Morgan fingerprint density at radius 2 is 1.91 bits per heavy atom. The maximum atomic E-state index is 13.7. The van der Waals surface area contributed by atoms with Gasteiger partial charge in [0, 0.05) is 31.4 Å². The lowest BCUT2D eigenvalue weighted by Crippen LogP contribution is -2.68. The zero-order valence-corrected chi connectivity index (χ0v) is 17.0. The van der Waals surface area contributed by atoms with Gasteiger partial charge in [0.2, 0.25) is 11.6 Å². The van der Waals surface area contributed by atoms with Crippen molar-refractivity contribution >= 4 is 29.0 Å². The van der Waals surface area contributed by atoms with Crippen molar-refractivity contribution in [3.8, 4) is 0 Å². The summed E-state index contributed by atoms with van der Waals surface area (Å²) >= 11 is 0. The summed E-state index contributed by atoms with van der Waals surface area (Å²) in [4.78, 5) is 25.3. The molecule has 2 bridgehead atoms. The predicted molar refractivity (Wildman–Crippen MR) is 112 cm³/mol. The van der Waals surface area contributed by atoms with Crippen LogP contribution < -0.4 is 0 Å². The number of nitrogens with zero attached hydrogens (tertiary/aromatic N) is 6. The van der Waals surface area contributed by atoms with Crippen LogP contribution in [0.3, 0.4) is 0 Å². The third-order valence-electron chi connectivity index (χ3n) is 7.00. The number of hydrogen-bond acceptors (Lipinski definition) is 4. The Bertz CT molecular complexity index is 1320. The van der Waals surface area contributed by atoms with Crippen LogP contribution in [0.2, 0.25) is 0 Å². The van der Waals surface area contributed by atoms with Crippen LogP contribution in [0.5, 0.6) is 0 Å². The Morgan fingerprint density at radius 3 is 2.62 bits per heavy atom. The fraction of sp³-hybridized carbons (Fsp3) is 0.348. The number of aromatic nitrogens is 3. The first-order valence-corrected chi connectivity index (χ1v) is 10.4. The molecule has 3 fully saturated rings. The van der Waals surface area contributed by atoms with Crippen LogP contribution in [0.15, 0.2) is 41.9 Å². The highest BCUT2D eigenvalue weighted by atomic mass is 19.1. The van der Waals surface area contributed by atoms with Gasteiger partial charge < -0.3 is 4.57 Å². The fourth-order valence-electron chi connectivity index (χ4n) is 5.77. The summed E-state index contributed by atoms with van der Waals surface area (Å²) in [5.74, 6) is -1.39. The van der Waals surface area contributed by atoms with Crippen molar-refractivity contribution in [1.29, 1.82) is 0 Å². The fourth-order valence-corrected chi connectivity index (χ4v) is 5.77. The number of pyridine rings is 1. The van der Waals surface area contributed by atoms with Crippen LogP contribution in [0.25, 0.3) is 16.0 Å². The SMILES string of the molecule is [C-]#[N+]c1cnc2ncn(CC34CC(C(=O)N5N=CCC5c5cc(F)cc(F)c5)(C3)C4)c2c1. The molecule has 1 unspecified atom stereocenters. The highest BCUT2D eigenvalue weighted by molar-refractivity contribution is 5.88. The van der Waals surface area contributed by atoms with Gasteiger partial charge in [-0.2, -0.15) is 5.10 Å². The second-order valence-electron chi connectivity index (χ2n) is 9.23. The summed E-state index contributed by atoms with van der Waals surface area (Å²) in [6.45, 7) is 7.91. The molecule has 9 heteroatoms. The zero-order valence-electron chi connectivity index (χ0n) is 17.0. The number of imidazole rings is 1. The van der Waals surface area contributed by atoms with E-state index in [1.54, 1.807) is 18.6 Å². The first kappa shape index (κ1) is 19.0. The number of fused-ring (bicyclic) bond motifs is 1. The van der Waals surface area contributed by atoms with Crippen molar-refractivity contribution in [2.24, 2.45) is 15.9 Å². The Morgan fingerprint density at radius 1 is 1.16 bits per heavy atom.